The molecule has 1 aliphatic rings. The highest BCUT2D eigenvalue weighted by molar-refractivity contribution is 6.05. The molecule has 0 atom stereocenters. The third kappa shape index (κ3) is 3.48. The van der Waals surface area contributed by atoms with Crippen LogP contribution >= 0.6 is 0 Å². The molecule has 1 aromatic heterocycles. The monoisotopic (exact) mass is 327 g/mol. The summed E-state index contributed by atoms with van der Waals surface area (Å²) in [5, 5.41) is 16.3. The standard InChI is InChI=1S/C18H21N3O3/c1-21-11-15(16(20-21)12-6-3-2-4-7-12)17(22)19-14-9-5-8-13(10-14)18(23)24/h5,8-12H,2-4,6-7H2,1H3,(H,19,22)(H,23,24). The van der Waals surface area contributed by atoms with Crippen LogP contribution in [-0.4, -0.2) is 26.8 Å². The maximum absolute atomic E-state index is 12.7. The van der Waals surface area contributed by atoms with Crippen LogP contribution in [0.25, 0.3) is 0 Å². The second kappa shape index (κ2) is 6.86. The molecule has 1 saturated carbocycles. The van der Waals surface area contributed by atoms with Gasteiger partial charge in [0.1, 0.15) is 0 Å². The van der Waals surface area contributed by atoms with Crippen LogP contribution in [0, 0.1) is 0 Å². The molecule has 1 heterocycles. The van der Waals surface area contributed by atoms with Crippen LogP contribution in [0.4, 0.5) is 5.69 Å². The average Bonchev–Trinajstić information content (AvgIpc) is 2.98. The van der Waals surface area contributed by atoms with Gasteiger partial charge in [-0.15, -0.1) is 0 Å². The Morgan fingerprint density at radius 1 is 1.25 bits per heavy atom. The van der Waals surface area contributed by atoms with Gasteiger partial charge in [0.2, 0.25) is 0 Å². The zero-order chi connectivity index (χ0) is 17.1. The van der Waals surface area contributed by atoms with E-state index >= 15 is 0 Å². The highest BCUT2D eigenvalue weighted by Crippen LogP contribution is 2.33. The molecule has 1 amide bonds. The maximum atomic E-state index is 12.7. The third-order valence-electron chi connectivity index (χ3n) is 4.46. The maximum Gasteiger partial charge on any atom is 0.335 e. The minimum absolute atomic E-state index is 0.145. The molecule has 0 radical (unpaired) electrons. The Labute approximate surface area is 140 Å². The van der Waals surface area contributed by atoms with Gasteiger partial charge in [0, 0.05) is 24.8 Å². The Morgan fingerprint density at radius 2 is 2.00 bits per heavy atom. The molecule has 2 N–H and O–H groups in total. The zero-order valence-electron chi connectivity index (χ0n) is 13.7. The van der Waals surface area contributed by atoms with Gasteiger partial charge in [-0.25, -0.2) is 4.79 Å². The number of anilines is 1. The van der Waals surface area contributed by atoms with Crippen LogP contribution in [0.5, 0.6) is 0 Å². The molecule has 126 valence electrons. The van der Waals surface area contributed by atoms with E-state index in [2.05, 4.69) is 10.4 Å². The first-order chi connectivity index (χ1) is 11.5. The molecule has 0 spiro atoms. The number of nitrogens with one attached hydrogen (secondary N) is 1. The number of aromatic nitrogens is 2. The van der Waals surface area contributed by atoms with Crippen LogP contribution in [0.3, 0.4) is 0 Å². The lowest BCUT2D eigenvalue weighted by atomic mass is 9.85. The molecule has 0 bridgehead atoms. The van der Waals surface area contributed by atoms with E-state index in [4.69, 9.17) is 5.11 Å². The number of rotatable bonds is 4. The summed E-state index contributed by atoms with van der Waals surface area (Å²) in [5.74, 6) is -0.937. The van der Waals surface area contributed by atoms with Crippen molar-refractivity contribution in [2.75, 3.05) is 5.32 Å². The fraction of sp³-hybridized carbons (Fsp3) is 0.389. The Hall–Kier alpha value is -2.63. The summed E-state index contributed by atoms with van der Waals surface area (Å²) >= 11 is 0. The first-order valence-corrected chi connectivity index (χ1v) is 8.23. The Bertz CT molecular complexity index is 761. The third-order valence-corrected chi connectivity index (χ3v) is 4.46. The fourth-order valence-electron chi connectivity index (χ4n) is 3.29. The Balaban J connectivity index is 1.82. The normalized spacial score (nSPS) is 15.2. The molecular weight excluding hydrogens is 306 g/mol. The van der Waals surface area contributed by atoms with Crippen molar-refractivity contribution in [2.24, 2.45) is 7.05 Å². The Kier molecular flexibility index (Phi) is 4.64. The van der Waals surface area contributed by atoms with Crippen molar-refractivity contribution in [1.29, 1.82) is 0 Å². The predicted octanol–water partition coefficient (Wildman–Crippen LogP) is 3.42. The summed E-state index contributed by atoms with van der Waals surface area (Å²) in [7, 11) is 1.81. The second-order valence-electron chi connectivity index (χ2n) is 6.28. The quantitative estimate of drug-likeness (QED) is 0.901. The number of benzene rings is 1. The summed E-state index contributed by atoms with van der Waals surface area (Å²) in [4.78, 5) is 23.7. The van der Waals surface area contributed by atoms with Gasteiger partial charge >= 0.3 is 5.97 Å². The molecule has 1 fully saturated rings. The largest absolute Gasteiger partial charge is 0.478 e. The summed E-state index contributed by atoms with van der Waals surface area (Å²) in [6.07, 6.45) is 7.44. The van der Waals surface area contributed by atoms with Crippen molar-refractivity contribution in [3.63, 3.8) is 0 Å². The van der Waals surface area contributed by atoms with Crippen molar-refractivity contribution >= 4 is 17.6 Å². The first-order valence-electron chi connectivity index (χ1n) is 8.23. The highest BCUT2D eigenvalue weighted by Gasteiger charge is 2.25. The molecule has 0 unspecified atom stereocenters. The van der Waals surface area contributed by atoms with Gasteiger partial charge < -0.3 is 10.4 Å². The van der Waals surface area contributed by atoms with Crippen molar-refractivity contribution in [1.82, 2.24) is 9.78 Å². The lowest BCUT2D eigenvalue weighted by Gasteiger charge is -2.20. The zero-order valence-corrected chi connectivity index (χ0v) is 13.7. The highest BCUT2D eigenvalue weighted by atomic mass is 16.4. The Morgan fingerprint density at radius 3 is 2.71 bits per heavy atom. The van der Waals surface area contributed by atoms with Gasteiger partial charge in [-0.3, -0.25) is 9.48 Å². The number of hydrogen-bond acceptors (Lipinski definition) is 3. The van der Waals surface area contributed by atoms with Crippen molar-refractivity contribution in [3.8, 4) is 0 Å². The number of nitrogens with zero attached hydrogens (tertiary/aromatic N) is 2. The lowest BCUT2D eigenvalue weighted by molar-refractivity contribution is 0.0696. The minimum Gasteiger partial charge on any atom is -0.478 e. The summed E-state index contributed by atoms with van der Waals surface area (Å²) in [6.45, 7) is 0. The van der Waals surface area contributed by atoms with Crippen LogP contribution in [0.15, 0.2) is 30.5 Å². The topological polar surface area (TPSA) is 84.2 Å². The molecule has 1 aliphatic carbocycles. The number of carboxylic acids is 1. The van der Waals surface area contributed by atoms with E-state index in [1.54, 1.807) is 23.0 Å². The van der Waals surface area contributed by atoms with E-state index in [1.807, 2.05) is 7.05 Å². The van der Waals surface area contributed by atoms with Crippen LogP contribution in [0.1, 0.15) is 64.4 Å². The van der Waals surface area contributed by atoms with E-state index in [-0.39, 0.29) is 11.5 Å². The van der Waals surface area contributed by atoms with E-state index in [9.17, 15) is 9.59 Å². The SMILES string of the molecule is Cn1cc(C(=O)Nc2cccc(C(=O)O)c2)c(C2CCCCC2)n1. The number of carboxylic acid groups (broad SMARTS) is 1. The van der Waals surface area contributed by atoms with Gasteiger partial charge in [0.15, 0.2) is 0 Å². The molecular formula is C18H21N3O3. The van der Waals surface area contributed by atoms with Crippen LogP contribution in [-0.2, 0) is 7.05 Å². The van der Waals surface area contributed by atoms with Crippen LogP contribution in [0.2, 0.25) is 0 Å². The number of carbonyl (C=O) groups is 2. The number of amides is 1. The van der Waals surface area contributed by atoms with E-state index in [0.29, 0.717) is 17.2 Å². The van der Waals surface area contributed by atoms with Crippen LogP contribution < -0.4 is 5.32 Å². The van der Waals surface area contributed by atoms with Gasteiger partial charge in [-0.2, -0.15) is 5.10 Å². The smallest absolute Gasteiger partial charge is 0.335 e. The molecule has 6 heteroatoms. The van der Waals surface area contributed by atoms with Gasteiger partial charge in [0.05, 0.1) is 16.8 Å². The summed E-state index contributed by atoms with van der Waals surface area (Å²) < 4.78 is 1.67. The van der Waals surface area contributed by atoms with Crippen molar-refractivity contribution in [2.45, 2.75) is 38.0 Å². The fourth-order valence-corrected chi connectivity index (χ4v) is 3.29. The predicted molar refractivity (Wildman–Crippen MR) is 90.4 cm³/mol. The number of carbonyl (C=O) groups excluding carboxylic acids is 1. The number of aryl methyl sites for hydroxylation is 1. The number of aromatic carboxylic acids is 1. The first kappa shape index (κ1) is 16.2. The summed E-state index contributed by atoms with van der Waals surface area (Å²) in [5.41, 5.74) is 2.04. The van der Waals surface area contributed by atoms with Gasteiger partial charge in [-0.1, -0.05) is 25.3 Å². The molecule has 0 aliphatic heterocycles. The molecule has 2 aromatic rings. The van der Waals surface area contributed by atoms with Crippen molar-refractivity contribution < 1.29 is 14.7 Å². The van der Waals surface area contributed by atoms with E-state index in [0.717, 1.165) is 18.5 Å². The molecule has 6 nitrogen and oxygen atoms in total. The van der Waals surface area contributed by atoms with E-state index < -0.39 is 5.97 Å². The second-order valence-corrected chi connectivity index (χ2v) is 6.28. The summed E-state index contributed by atoms with van der Waals surface area (Å²) in [6, 6.07) is 6.25. The van der Waals surface area contributed by atoms with E-state index in [1.165, 1.54) is 31.4 Å². The lowest BCUT2D eigenvalue weighted by Crippen LogP contribution is -2.16. The molecule has 24 heavy (non-hydrogen) atoms. The van der Waals surface area contributed by atoms with Gasteiger partial charge in [0.25, 0.3) is 5.91 Å². The average molecular weight is 327 g/mol. The van der Waals surface area contributed by atoms with Crippen molar-refractivity contribution in [3.05, 3.63) is 47.3 Å². The van der Waals surface area contributed by atoms with Gasteiger partial charge in [-0.05, 0) is 31.0 Å². The number of hydrogen-bond donors (Lipinski definition) is 2. The molecule has 1 aromatic carbocycles. The minimum atomic E-state index is -1.02. The molecule has 3 rings (SSSR count). The molecule has 0 saturated heterocycles.